The van der Waals surface area contributed by atoms with Crippen LogP contribution in [0.5, 0.6) is 0 Å². The van der Waals surface area contributed by atoms with Crippen molar-refractivity contribution >= 4 is 21.6 Å². The Bertz CT molecular complexity index is 654. The van der Waals surface area contributed by atoms with Gasteiger partial charge in [0.05, 0.1) is 30.3 Å². The number of sulfonamides is 1. The SMILES string of the molecule is CS(=O)(=O)N1CCC2(CC1)CN(c1cccnc1)C(=O)CO2. The molecule has 120 valence electrons. The number of ether oxygens (including phenoxy) is 1. The van der Waals surface area contributed by atoms with Gasteiger partial charge in [-0.05, 0) is 25.0 Å². The third kappa shape index (κ3) is 2.99. The van der Waals surface area contributed by atoms with Crippen LogP contribution in [-0.2, 0) is 19.6 Å². The average Bonchev–Trinajstić information content (AvgIpc) is 2.50. The van der Waals surface area contributed by atoms with Crippen molar-refractivity contribution in [3.8, 4) is 0 Å². The monoisotopic (exact) mass is 325 g/mol. The molecule has 1 spiro atoms. The van der Waals surface area contributed by atoms with Gasteiger partial charge >= 0.3 is 0 Å². The molecule has 0 saturated carbocycles. The lowest BCUT2D eigenvalue weighted by Gasteiger charge is -2.46. The summed E-state index contributed by atoms with van der Waals surface area (Å²) in [6, 6.07) is 3.63. The standard InChI is InChI=1S/C14H19N3O4S/c1-22(19,20)16-7-4-14(5-8-16)11-17(13(18)10-21-14)12-3-2-6-15-9-12/h2-3,6,9H,4-5,7-8,10-11H2,1H3. The highest BCUT2D eigenvalue weighted by Crippen LogP contribution is 2.33. The van der Waals surface area contributed by atoms with E-state index in [1.165, 1.54) is 10.6 Å². The summed E-state index contributed by atoms with van der Waals surface area (Å²) >= 11 is 0. The molecule has 1 amide bonds. The normalized spacial score (nSPS) is 23.0. The fraction of sp³-hybridized carbons (Fsp3) is 0.571. The first-order valence-corrected chi connectivity index (χ1v) is 9.04. The molecule has 1 aromatic rings. The Morgan fingerprint density at radius 3 is 2.64 bits per heavy atom. The molecule has 2 aliphatic heterocycles. The summed E-state index contributed by atoms with van der Waals surface area (Å²) in [7, 11) is -3.17. The maximum Gasteiger partial charge on any atom is 0.253 e. The van der Waals surface area contributed by atoms with Crippen LogP contribution in [0.15, 0.2) is 24.5 Å². The van der Waals surface area contributed by atoms with E-state index in [1.807, 2.05) is 6.07 Å². The highest BCUT2D eigenvalue weighted by Gasteiger charge is 2.44. The second-order valence-corrected chi connectivity index (χ2v) is 7.81. The van der Waals surface area contributed by atoms with Crippen molar-refractivity contribution in [3.05, 3.63) is 24.5 Å². The van der Waals surface area contributed by atoms with Gasteiger partial charge in [0.25, 0.3) is 5.91 Å². The molecule has 2 fully saturated rings. The van der Waals surface area contributed by atoms with E-state index in [-0.39, 0.29) is 12.5 Å². The molecule has 22 heavy (non-hydrogen) atoms. The summed E-state index contributed by atoms with van der Waals surface area (Å²) in [5.41, 5.74) is 0.283. The van der Waals surface area contributed by atoms with E-state index < -0.39 is 15.6 Å². The number of hydrogen-bond acceptors (Lipinski definition) is 5. The van der Waals surface area contributed by atoms with Crippen molar-refractivity contribution in [1.29, 1.82) is 0 Å². The molecule has 2 saturated heterocycles. The number of carbonyl (C=O) groups is 1. The fourth-order valence-corrected chi connectivity index (χ4v) is 3.84. The molecule has 1 aromatic heterocycles. The van der Waals surface area contributed by atoms with Gasteiger partial charge in [0.15, 0.2) is 0 Å². The van der Waals surface area contributed by atoms with Crippen LogP contribution in [0.2, 0.25) is 0 Å². The van der Waals surface area contributed by atoms with Crippen molar-refractivity contribution in [2.75, 3.05) is 37.4 Å². The molecular formula is C14H19N3O4S. The smallest absolute Gasteiger partial charge is 0.253 e. The molecule has 0 unspecified atom stereocenters. The third-order valence-electron chi connectivity index (χ3n) is 4.31. The molecule has 0 atom stereocenters. The van der Waals surface area contributed by atoms with Crippen molar-refractivity contribution in [2.24, 2.45) is 0 Å². The van der Waals surface area contributed by atoms with Gasteiger partial charge in [-0.15, -0.1) is 0 Å². The summed E-state index contributed by atoms with van der Waals surface area (Å²) < 4.78 is 30.5. The number of anilines is 1. The van der Waals surface area contributed by atoms with E-state index in [0.29, 0.717) is 32.5 Å². The van der Waals surface area contributed by atoms with Crippen LogP contribution in [0, 0.1) is 0 Å². The largest absolute Gasteiger partial charge is 0.363 e. The minimum atomic E-state index is -3.17. The van der Waals surface area contributed by atoms with Gasteiger partial charge in [-0.2, -0.15) is 0 Å². The molecule has 0 N–H and O–H groups in total. The maximum absolute atomic E-state index is 12.1. The minimum absolute atomic E-state index is 0.0216. The number of hydrogen-bond donors (Lipinski definition) is 0. The lowest BCUT2D eigenvalue weighted by atomic mass is 9.90. The van der Waals surface area contributed by atoms with E-state index in [4.69, 9.17) is 4.74 Å². The number of aromatic nitrogens is 1. The summed E-state index contributed by atoms with van der Waals surface area (Å²) in [6.07, 6.45) is 5.71. The second kappa shape index (κ2) is 5.60. The Kier molecular flexibility index (Phi) is 3.92. The van der Waals surface area contributed by atoms with Crippen molar-refractivity contribution in [3.63, 3.8) is 0 Å². The number of pyridine rings is 1. The molecule has 0 aliphatic carbocycles. The molecule has 0 radical (unpaired) electrons. The Morgan fingerprint density at radius 1 is 1.32 bits per heavy atom. The fourth-order valence-electron chi connectivity index (χ4n) is 2.99. The van der Waals surface area contributed by atoms with E-state index in [9.17, 15) is 13.2 Å². The second-order valence-electron chi connectivity index (χ2n) is 5.82. The zero-order valence-corrected chi connectivity index (χ0v) is 13.3. The van der Waals surface area contributed by atoms with Gasteiger partial charge in [0.2, 0.25) is 10.0 Å². The molecule has 0 bridgehead atoms. The van der Waals surface area contributed by atoms with Gasteiger partial charge in [-0.25, -0.2) is 12.7 Å². The quantitative estimate of drug-likeness (QED) is 0.778. The summed E-state index contributed by atoms with van der Waals surface area (Å²) in [6.45, 7) is 1.31. The van der Waals surface area contributed by atoms with Gasteiger partial charge in [0.1, 0.15) is 6.61 Å². The van der Waals surface area contributed by atoms with Crippen LogP contribution < -0.4 is 4.90 Å². The number of morpholine rings is 1. The number of amides is 1. The van der Waals surface area contributed by atoms with Crippen LogP contribution in [0.4, 0.5) is 5.69 Å². The summed E-state index contributed by atoms with van der Waals surface area (Å²) in [5, 5.41) is 0. The van der Waals surface area contributed by atoms with Gasteiger partial charge < -0.3 is 9.64 Å². The number of rotatable bonds is 2. The van der Waals surface area contributed by atoms with Crippen LogP contribution in [0.1, 0.15) is 12.8 Å². The third-order valence-corrected chi connectivity index (χ3v) is 5.61. The highest BCUT2D eigenvalue weighted by molar-refractivity contribution is 7.88. The highest BCUT2D eigenvalue weighted by atomic mass is 32.2. The number of piperidine rings is 1. The van der Waals surface area contributed by atoms with Crippen LogP contribution in [-0.4, -0.2) is 61.7 Å². The molecule has 2 aliphatic rings. The zero-order valence-electron chi connectivity index (χ0n) is 12.4. The average molecular weight is 325 g/mol. The lowest BCUT2D eigenvalue weighted by Crippen LogP contribution is -2.59. The first kappa shape index (κ1) is 15.4. The molecule has 7 nitrogen and oxygen atoms in total. The van der Waals surface area contributed by atoms with Crippen LogP contribution in [0.25, 0.3) is 0 Å². The van der Waals surface area contributed by atoms with Gasteiger partial charge in [-0.3, -0.25) is 9.78 Å². The Morgan fingerprint density at radius 2 is 2.05 bits per heavy atom. The topological polar surface area (TPSA) is 79.8 Å². The van der Waals surface area contributed by atoms with Crippen molar-refractivity contribution in [2.45, 2.75) is 18.4 Å². The van der Waals surface area contributed by atoms with E-state index in [0.717, 1.165) is 5.69 Å². The zero-order chi connectivity index (χ0) is 15.8. The predicted octanol–water partition coefficient (Wildman–Crippen LogP) is 0.239. The molecule has 3 rings (SSSR count). The first-order chi connectivity index (χ1) is 10.4. The predicted molar refractivity (Wildman–Crippen MR) is 80.9 cm³/mol. The Labute approximate surface area is 129 Å². The summed E-state index contributed by atoms with van der Waals surface area (Å²) in [5.74, 6) is -0.0934. The van der Waals surface area contributed by atoms with Gasteiger partial charge in [-0.1, -0.05) is 0 Å². The maximum atomic E-state index is 12.1. The van der Waals surface area contributed by atoms with E-state index >= 15 is 0 Å². The molecule has 0 aromatic carbocycles. The molecule has 8 heteroatoms. The van der Waals surface area contributed by atoms with Crippen LogP contribution in [0.3, 0.4) is 0 Å². The molecule has 3 heterocycles. The van der Waals surface area contributed by atoms with Crippen molar-refractivity contribution < 1.29 is 17.9 Å². The van der Waals surface area contributed by atoms with Crippen LogP contribution >= 0.6 is 0 Å². The van der Waals surface area contributed by atoms with Gasteiger partial charge in [0, 0.05) is 19.3 Å². The Hall–Kier alpha value is -1.51. The number of nitrogens with zero attached hydrogens (tertiary/aromatic N) is 3. The first-order valence-electron chi connectivity index (χ1n) is 7.19. The summed E-state index contributed by atoms with van der Waals surface area (Å²) in [4.78, 5) is 17.8. The molecular weight excluding hydrogens is 306 g/mol. The lowest BCUT2D eigenvalue weighted by molar-refractivity contribution is -0.143. The van der Waals surface area contributed by atoms with E-state index in [1.54, 1.807) is 23.4 Å². The minimum Gasteiger partial charge on any atom is -0.363 e. The Balaban J connectivity index is 1.75. The number of carbonyl (C=O) groups excluding carboxylic acids is 1. The van der Waals surface area contributed by atoms with Crippen molar-refractivity contribution in [1.82, 2.24) is 9.29 Å². The van der Waals surface area contributed by atoms with E-state index in [2.05, 4.69) is 4.98 Å².